The number of amides is 1. The maximum atomic E-state index is 12.5. The molecule has 1 amide bonds. The van der Waals surface area contributed by atoms with E-state index < -0.39 is 4.92 Å². The molecule has 0 radical (unpaired) electrons. The van der Waals surface area contributed by atoms with Crippen molar-refractivity contribution in [2.75, 3.05) is 19.6 Å². The summed E-state index contributed by atoms with van der Waals surface area (Å²) in [6.07, 6.45) is 0.722. The molecule has 1 aromatic heterocycles. The summed E-state index contributed by atoms with van der Waals surface area (Å²) in [5.74, 6) is -0.209. The van der Waals surface area contributed by atoms with Gasteiger partial charge in [-0.05, 0) is 18.1 Å². The van der Waals surface area contributed by atoms with Gasteiger partial charge in [0, 0.05) is 25.7 Å². The third kappa shape index (κ3) is 5.31. The van der Waals surface area contributed by atoms with Crippen molar-refractivity contribution in [3.8, 4) is 0 Å². The van der Waals surface area contributed by atoms with Gasteiger partial charge in [0.1, 0.15) is 0 Å². The van der Waals surface area contributed by atoms with E-state index in [1.807, 2.05) is 30.3 Å². The summed E-state index contributed by atoms with van der Waals surface area (Å²) in [5.41, 5.74) is 6.70. The standard InChI is InChI=1S/C15H17N3O3S.ClH/c16-9-11-17(10-8-12-4-2-1-3-5-12)15(19)13-6-7-14(22-13)18(20)21;/h1-7H,8-11,16H2;1H. The van der Waals surface area contributed by atoms with E-state index in [1.54, 1.807) is 4.90 Å². The van der Waals surface area contributed by atoms with Gasteiger partial charge in [0.05, 0.1) is 9.80 Å². The minimum Gasteiger partial charge on any atom is -0.336 e. The van der Waals surface area contributed by atoms with Crippen LogP contribution in [0.2, 0.25) is 0 Å². The fourth-order valence-electron chi connectivity index (χ4n) is 2.08. The molecule has 23 heavy (non-hydrogen) atoms. The van der Waals surface area contributed by atoms with Gasteiger partial charge in [-0.15, -0.1) is 12.4 Å². The van der Waals surface area contributed by atoms with Crippen molar-refractivity contribution in [3.63, 3.8) is 0 Å². The van der Waals surface area contributed by atoms with Crippen LogP contribution in [0.25, 0.3) is 0 Å². The third-order valence-electron chi connectivity index (χ3n) is 3.18. The highest BCUT2D eigenvalue weighted by atomic mass is 35.5. The zero-order valence-electron chi connectivity index (χ0n) is 12.4. The minimum atomic E-state index is -0.487. The lowest BCUT2D eigenvalue weighted by molar-refractivity contribution is -0.380. The first kappa shape index (κ1) is 19.1. The molecule has 0 unspecified atom stereocenters. The summed E-state index contributed by atoms with van der Waals surface area (Å²) in [4.78, 5) is 24.7. The van der Waals surface area contributed by atoms with Crippen LogP contribution in [0.3, 0.4) is 0 Å². The summed E-state index contributed by atoms with van der Waals surface area (Å²) in [6, 6.07) is 12.7. The first-order valence-corrected chi connectivity index (χ1v) is 7.71. The lowest BCUT2D eigenvalue weighted by atomic mass is 10.1. The number of carbonyl (C=O) groups excluding carboxylic acids is 1. The van der Waals surface area contributed by atoms with E-state index in [9.17, 15) is 14.9 Å². The lowest BCUT2D eigenvalue weighted by Crippen LogP contribution is -2.36. The molecule has 0 bridgehead atoms. The molecule has 2 N–H and O–H groups in total. The number of nitrogens with two attached hydrogens (primary N) is 1. The van der Waals surface area contributed by atoms with E-state index in [0.717, 1.165) is 23.3 Å². The normalized spacial score (nSPS) is 9.96. The smallest absolute Gasteiger partial charge is 0.324 e. The summed E-state index contributed by atoms with van der Waals surface area (Å²) >= 11 is 0.894. The van der Waals surface area contributed by atoms with Crippen molar-refractivity contribution in [3.05, 3.63) is 63.0 Å². The predicted molar refractivity (Wildman–Crippen MR) is 93.3 cm³/mol. The molecule has 0 aliphatic carbocycles. The van der Waals surface area contributed by atoms with Gasteiger partial charge in [-0.25, -0.2) is 0 Å². The molecule has 1 heterocycles. The highest BCUT2D eigenvalue weighted by Crippen LogP contribution is 2.25. The van der Waals surface area contributed by atoms with Crippen LogP contribution in [-0.2, 0) is 6.42 Å². The number of hydrogen-bond acceptors (Lipinski definition) is 5. The molecule has 0 atom stereocenters. The second-order valence-electron chi connectivity index (χ2n) is 4.71. The summed E-state index contributed by atoms with van der Waals surface area (Å²) < 4.78 is 0. The van der Waals surface area contributed by atoms with E-state index in [4.69, 9.17) is 5.73 Å². The molecule has 124 valence electrons. The summed E-state index contributed by atoms with van der Waals surface area (Å²) in [6.45, 7) is 1.32. The maximum absolute atomic E-state index is 12.5. The molecule has 6 nitrogen and oxygen atoms in total. The van der Waals surface area contributed by atoms with Gasteiger partial charge in [0.2, 0.25) is 0 Å². The lowest BCUT2D eigenvalue weighted by Gasteiger charge is -2.21. The van der Waals surface area contributed by atoms with Crippen LogP contribution in [0.15, 0.2) is 42.5 Å². The Morgan fingerprint density at radius 3 is 2.43 bits per heavy atom. The van der Waals surface area contributed by atoms with E-state index in [2.05, 4.69) is 0 Å². The van der Waals surface area contributed by atoms with Gasteiger partial charge in [0.25, 0.3) is 5.91 Å². The second kappa shape index (κ2) is 9.24. The van der Waals surface area contributed by atoms with Gasteiger partial charge in [0.15, 0.2) is 0 Å². The van der Waals surface area contributed by atoms with E-state index >= 15 is 0 Å². The van der Waals surface area contributed by atoms with E-state index in [0.29, 0.717) is 24.5 Å². The fourth-order valence-corrected chi connectivity index (χ4v) is 2.86. The quantitative estimate of drug-likeness (QED) is 0.610. The molecule has 1 aromatic carbocycles. The average molecular weight is 356 g/mol. The van der Waals surface area contributed by atoms with Crippen LogP contribution in [0, 0.1) is 10.1 Å². The van der Waals surface area contributed by atoms with Crippen LogP contribution in [-0.4, -0.2) is 35.4 Å². The number of nitro groups is 1. The highest BCUT2D eigenvalue weighted by molar-refractivity contribution is 7.17. The Hall–Kier alpha value is -1.96. The number of nitrogens with zero attached hydrogens (tertiary/aromatic N) is 2. The zero-order chi connectivity index (χ0) is 15.9. The second-order valence-corrected chi connectivity index (χ2v) is 5.77. The molecule has 0 spiro atoms. The number of hydrogen-bond donors (Lipinski definition) is 1. The first-order chi connectivity index (χ1) is 10.6. The minimum absolute atomic E-state index is 0. The Balaban J connectivity index is 0.00000264. The van der Waals surface area contributed by atoms with E-state index in [-0.39, 0.29) is 23.3 Å². The largest absolute Gasteiger partial charge is 0.336 e. The van der Waals surface area contributed by atoms with Gasteiger partial charge in [-0.1, -0.05) is 41.7 Å². The van der Waals surface area contributed by atoms with Crippen LogP contribution in [0.4, 0.5) is 5.00 Å². The maximum Gasteiger partial charge on any atom is 0.324 e. The van der Waals surface area contributed by atoms with Gasteiger partial charge < -0.3 is 10.6 Å². The van der Waals surface area contributed by atoms with Crippen molar-refractivity contribution >= 4 is 34.7 Å². The van der Waals surface area contributed by atoms with Gasteiger partial charge in [-0.2, -0.15) is 0 Å². The molecule has 0 saturated carbocycles. The molecular weight excluding hydrogens is 338 g/mol. The summed E-state index contributed by atoms with van der Waals surface area (Å²) in [5, 5.41) is 10.7. The molecule has 2 rings (SSSR count). The molecule has 0 aliphatic heterocycles. The number of carbonyl (C=O) groups is 1. The topological polar surface area (TPSA) is 89.5 Å². The Labute approximate surface area is 144 Å². The molecule has 2 aromatic rings. The SMILES string of the molecule is Cl.NCCN(CCc1ccccc1)C(=O)c1ccc([N+](=O)[O-])s1. The predicted octanol–water partition coefficient (Wildman–Crippen LogP) is 2.72. The first-order valence-electron chi connectivity index (χ1n) is 6.89. The number of rotatable bonds is 7. The van der Waals surface area contributed by atoms with E-state index in [1.165, 1.54) is 12.1 Å². The molecule has 0 saturated heterocycles. The van der Waals surface area contributed by atoms with Gasteiger partial charge >= 0.3 is 5.00 Å². The van der Waals surface area contributed by atoms with Crippen molar-refractivity contribution in [2.24, 2.45) is 5.73 Å². The Morgan fingerprint density at radius 2 is 1.87 bits per heavy atom. The zero-order valence-corrected chi connectivity index (χ0v) is 14.0. The number of benzene rings is 1. The number of thiophene rings is 1. The van der Waals surface area contributed by atoms with Crippen LogP contribution < -0.4 is 5.73 Å². The monoisotopic (exact) mass is 355 g/mol. The molecule has 8 heteroatoms. The molecular formula is C15H18ClN3O3S. The van der Waals surface area contributed by atoms with Crippen molar-refractivity contribution in [2.45, 2.75) is 6.42 Å². The Morgan fingerprint density at radius 1 is 1.17 bits per heavy atom. The van der Waals surface area contributed by atoms with Crippen LogP contribution in [0.5, 0.6) is 0 Å². The number of halogens is 1. The molecule has 0 fully saturated rings. The molecule has 0 aliphatic rings. The third-order valence-corrected chi connectivity index (χ3v) is 4.21. The van der Waals surface area contributed by atoms with Gasteiger partial charge in [-0.3, -0.25) is 14.9 Å². The average Bonchev–Trinajstić information content (AvgIpc) is 3.02. The fraction of sp³-hybridized carbons (Fsp3) is 0.267. The highest BCUT2D eigenvalue weighted by Gasteiger charge is 2.20. The summed E-state index contributed by atoms with van der Waals surface area (Å²) in [7, 11) is 0. The Bertz CT molecular complexity index is 648. The Kier molecular flexibility index (Phi) is 7.67. The van der Waals surface area contributed by atoms with Crippen molar-refractivity contribution < 1.29 is 9.72 Å². The van der Waals surface area contributed by atoms with Crippen LogP contribution >= 0.6 is 23.7 Å². The van der Waals surface area contributed by atoms with Crippen molar-refractivity contribution in [1.29, 1.82) is 0 Å². The van der Waals surface area contributed by atoms with Crippen molar-refractivity contribution in [1.82, 2.24) is 4.90 Å². The van der Waals surface area contributed by atoms with Crippen LogP contribution in [0.1, 0.15) is 15.2 Å².